The molecule has 1 aromatic rings. The minimum absolute atomic E-state index is 0. The predicted octanol–water partition coefficient (Wildman–Crippen LogP) is 2.27. The summed E-state index contributed by atoms with van der Waals surface area (Å²) >= 11 is 0. The largest absolute Gasteiger partial charge is 0.354 e. The maximum Gasteiger partial charge on any atom is 0.191 e. The zero-order valence-electron chi connectivity index (χ0n) is 15.5. The molecule has 1 heterocycles. The van der Waals surface area contributed by atoms with Crippen molar-refractivity contribution in [1.29, 1.82) is 0 Å². The second-order valence-electron chi connectivity index (χ2n) is 6.87. The molecule has 0 radical (unpaired) electrons. The molecule has 0 amide bonds. The molecule has 140 valence electrons. The summed E-state index contributed by atoms with van der Waals surface area (Å²) in [6.45, 7) is 10.1. The fraction of sp³-hybridized carbons (Fsp3) is 0.632. The highest BCUT2D eigenvalue weighted by atomic mass is 127. The van der Waals surface area contributed by atoms with Crippen LogP contribution in [0.2, 0.25) is 0 Å². The fourth-order valence-electron chi connectivity index (χ4n) is 3.09. The van der Waals surface area contributed by atoms with Crippen molar-refractivity contribution in [3.63, 3.8) is 0 Å². The maximum absolute atomic E-state index is 4.28. The Morgan fingerprint density at radius 1 is 1.04 bits per heavy atom. The third kappa shape index (κ3) is 6.75. The number of nitrogens with one attached hydrogen (secondary N) is 2. The summed E-state index contributed by atoms with van der Waals surface area (Å²) in [5.41, 5.74) is 2.71. The highest BCUT2D eigenvalue weighted by Crippen LogP contribution is 2.18. The molecule has 0 atom stereocenters. The van der Waals surface area contributed by atoms with Gasteiger partial charge in [0.2, 0.25) is 0 Å². The molecule has 1 saturated carbocycles. The minimum atomic E-state index is 0. The lowest BCUT2D eigenvalue weighted by atomic mass is 10.1. The molecule has 2 fully saturated rings. The predicted molar refractivity (Wildman–Crippen MR) is 116 cm³/mol. The molecule has 0 unspecified atom stereocenters. The summed E-state index contributed by atoms with van der Waals surface area (Å²) in [6.07, 6.45) is 2.53. The Kier molecular flexibility index (Phi) is 8.45. The summed E-state index contributed by atoms with van der Waals surface area (Å²) in [5, 5.41) is 6.81. The lowest BCUT2D eigenvalue weighted by molar-refractivity contribution is 0.132. The number of rotatable bonds is 6. The first-order valence-corrected chi connectivity index (χ1v) is 9.26. The van der Waals surface area contributed by atoms with Crippen LogP contribution < -0.4 is 10.6 Å². The van der Waals surface area contributed by atoms with Crippen LogP contribution >= 0.6 is 24.0 Å². The molecule has 0 spiro atoms. The Labute approximate surface area is 169 Å². The minimum Gasteiger partial charge on any atom is -0.354 e. The highest BCUT2D eigenvalue weighted by Gasteiger charge is 2.22. The number of benzene rings is 1. The van der Waals surface area contributed by atoms with Crippen LogP contribution in [0.4, 0.5) is 0 Å². The van der Waals surface area contributed by atoms with Gasteiger partial charge in [0.15, 0.2) is 5.96 Å². The van der Waals surface area contributed by atoms with Gasteiger partial charge in [-0.1, -0.05) is 31.2 Å². The van der Waals surface area contributed by atoms with Gasteiger partial charge in [0, 0.05) is 52.4 Å². The molecule has 6 heteroatoms. The molecule has 1 saturated heterocycles. The molecule has 2 N–H and O–H groups in total. The number of halogens is 1. The monoisotopic (exact) mass is 457 g/mol. The Balaban J connectivity index is 0.00000225. The van der Waals surface area contributed by atoms with Crippen molar-refractivity contribution in [2.75, 3.05) is 39.8 Å². The molecule has 0 bridgehead atoms. The number of aliphatic imine (C=N–C) groups is 1. The van der Waals surface area contributed by atoms with Crippen LogP contribution in [0.5, 0.6) is 0 Å². The van der Waals surface area contributed by atoms with Crippen molar-refractivity contribution in [2.45, 2.75) is 38.9 Å². The van der Waals surface area contributed by atoms with E-state index in [-0.39, 0.29) is 24.0 Å². The van der Waals surface area contributed by atoms with E-state index in [9.17, 15) is 0 Å². The first-order chi connectivity index (χ1) is 11.8. The number of likely N-dealkylation sites (N-methyl/N-ethyl adjacent to an activating group) is 1. The fourth-order valence-corrected chi connectivity index (χ4v) is 3.09. The van der Waals surface area contributed by atoms with Gasteiger partial charge >= 0.3 is 0 Å². The van der Waals surface area contributed by atoms with Crippen molar-refractivity contribution in [3.8, 4) is 0 Å². The van der Waals surface area contributed by atoms with E-state index in [2.05, 4.69) is 56.6 Å². The van der Waals surface area contributed by atoms with Crippen LogP contribution in [0.15, 0.2) is 29.3 Å². The van der Waals surface area contributed by atoms with Crippen LogP contribution in [-0.2, 0) is 13.1 Å². The Hall–Kier alpha value is -0.860. The lowest BCUT2D eigenvalue weighted by Gasteiger charge is -2.34. The van der Waals surface area contributed by atoms with E-state index in [1.54, 1.807) is 0 Å². The maximum atomic E-state index is 4.28. The Bertz CT molecular complexity index is 533. The van der Waals surface area contributed by atoms with Gasteiger partial charge < -0.3 is 15.5 Å². The topological polar surface area (TPSA) is 42.9 Å². The van der Waals surface area contributed by atoms with Crippen molar-refractivity contribution >= 4 is 29.9 Å². The number of guanidine groups is 1. The third-order valence-electron chi connectivity index (χ3n) is 4.94. The van der Waals surface area contributed by atoms with Gasteiger partial charge in [-0.2, -0.15) is 0 Å². The number of piperazine rings is 1. The molecule has 5 nitrogen and oxygen atoms in total. The third-order valence-corrected chi connectivity index (χ3v) is 4.94. The van der Waals surface area contributed by atoms with Gasteiger partial charge in [-0.25, -0.2) is 0 Å². The zero-order valence-corrected chi connectivity index (χ0v) is 17.8. The summed E-state index contributed by atoms with van der Waals surface area (Å²) in [6, 6.07) is 9.62. The van der Waals surface area contributed by atoms with Gasteiger partial charge in [0.1, 0.15) is 0 Å². The SMILES string of the molecule is CCN1CCN(Cc2ccc(CNC(=NC)NC3CC3)cc2)CC1.I. The van der Waals surface area contributed by atoms with Crippen molar-refractivity contribution in [2.24, 2.45) is 4.99 Å². The normalized spacial score (nSPS) is 19.4. The second-order valence-corrected chi connectivity index (χ2v) is 6.87. The van der Waals surface area contributed by atoms with Crippen molar-refractivity contribution < 1.29 is 0 Å². The smallest absolute Gasteiger partial charge is 0.191 e. The van der Waals surface area contributed by atoms with Crippen LogP contribution in [0.1, 0.15) is 30.9 Å². The average molecular weight is 457 g/mol. The van der Waals surface area contributed by atoms with Crippen LogP contribution in [0, 0.1) is 0 Å². The van der Waals surface area contributed by atoms with Gasteiger partial charge in [0.05, 0.1) is 0 Å². The molecule has 1 aromatic carbocycles. The van der Waals surface area contributed by atoms with E-state index >= 15 is 0 Å². The molecule has 1 aliphatic heterocycles. The zero-order chi connectivity index (χ0) is 16.8. The highest BCUT2D eigenvalue weighted by molar-refractivity contribution is 14.0. The quantitative estimate of drug-likeness (QED) is 0.391. The molecule has 25 heavy (non-hydrogen) atoms. The Morgan fingerprint density at radius 3 is 2.20 bits per heavy atom. The second kappa shape index (κ2) is 10.3. The molecule has 3 rings (SSSR count). The molecular formula is C19H32IN5. The molecule has 0 aromatic heterocycles. The van der Waals surface area contributed by atoms with E-state index in [1.165, 1.54) is 56.7 Å². The van der Waals surface area contributed by atoms with Gasteiger partial charge in [-0.05, 0) is 30.5 Å². The van der Waals surface area contributed by atoms with Crippen LogP contribution in [0.25, 0.3) is 0 Å². The van der Waals surface area contributed by atoms with Crippen LogP contribution in [-0.4, -0.2) is 61.6 Å². The average Bonchev–Trinajstić information content (AvgIpc) is 3.44. The molecule has 1 aliphatic carbocycles. The molecule has 2 aliphatic rings. The van der Waals surface area contributed by atoms with Gasteiger partial charge in [-0.3, -0.25) is 9.89 Å². The Morgan fingerprint density at radius 2 is 1.64 bits per heavy atom. The van der Waals surface area contributed by atoms with Crippen molar-refractivity contribution in [1.82, 2.24) is 20.4 Å². The van der Waals surface area contributed by atoms with Crippen LogP contribution in [0.3, 0.4) is 0 Å². The summed E-state index contributed by atoms with van der Waals surface area (Å²) in [4.78, 5) is 9.35. The van der Waals surface area contributed by atoms with E-state index in [0.29, 0.717) is 6.04 Å². The van der Waals surface area contributed by atoms with Gasteiger partial charge in [0.25, 0.3) is 0 Å². The van der Waals surface area contributed by atoms with Gasteiger partial charge in [-0.15, -0.1) is 24.0 Å². The van der Waals surface area contributed by atoms with E-state index in [1.807, 2.05) is 7.05 Å². The first-order valence-electron chi connectivity index (χ1n) is 9.26. The molecular weight excluding hydrogens is 425 g/mol. The van der Waals surface area contributed by atoms with Crippen molar-refractivity contribution in [3.05, 3.63) is 35.4 Å². The number of hydrogen-bond acceptors (Lipinski definition) is 3. The summed E-state index contributed by atoms with van der Waals surface area (Å²) in [5.74, 6) is 0.912. The first kappa shape index (κ1) is 20.5. The lowest BCUT2D eigenvalue weighted by Crippen LogP contribution is -2.45. The number of hydrogen-bond donors (Lipinski definition) is 2. The van der Waals surface area contributed by atoms with E-state index < -0.39 is 0 Å². The standard InChI is InChI=1S/C19H31N5.HI/c1-3-23-10-12-24(13-11-23)15-17-6-4-16(5-7-17)14-21-19(20-2)22-18-8-9-18;/h4-7,18H,3,8-15H2,1-2H3,(H2,20,21,22);1H. The van der Waals surface area contributed by atoms with E-state index in [0.717, 1.165) is 19.0 Å². The number of nitrogens with zero attached hydrogens (tertiary/aromatic N) is 3. The summed E-state index contributed by atoms with van der Waals surface area (Å²) < 4.78 is 0. The summed E-state index contributed by atoms with van der Waals surface area (Å²) in [7, 11) is 1.83. The van der Waals surface area contributed by atoms with E-state index in [4.69, 9.17) is 0 Å².